The molecule has 0 aliphatic carbocycles. The molecule has 0 unspecified atom stereocenters. The lowest BCUT2D eigenvalue weighted by atomic mass is 10.1. The van der Waals surface area contributed by atoms with Gasteiger partial charge in [-0.2, -0.15) is 5.26 Å². The van der Waals surface area contributed by atoms with E-state index in [9.17, 15) is 10.1 Å². The van der Waals surface area contributed by atoms with E-state index < -0.39 is 5.91 Å². The Labute approximate surface area is 170 Å². The first-order valence-corrected chi connectivity index (χ1v) is 9.33. The first kappa shape index (κ1) is 20.0. The number of aryl methyl sites for hydroxylation is 3. The van der Waals surface area contributed by atoms with Gasteiger partial charge in [-0.1, -0.05) is 42.0 Å². The van der Waals surface area contributed by atoms with Gasteiger partial charge < -0.3 is 4.74 Å². The molecule has 146 valence electrons. The highest BCUT2D eigenvalue weighted by atomic mass is 16.5. The van der Waals surface area contributed by atoms with E-state index in [4.69, 9.17) is 4.74 Å². The normalized spacial score (nSPS) is 11.0. The standard InChI is InChI=1S/C24H23N3O2/c1-17-4-8-21(9-5-17)16-29-23-12-10-20(11-13-23)14-22(15-25)24(28)26-27-18(2)6-7-19(27)3/h4-14H,16H2,1-3H3,(H,26,28)/b22-14-. The van der Waals surface area contributed by atoms with Crippen molar-refractivity contribution in [1.29, 1.82) is 5.26 Å². The van der Waals surface area contributed by atoms with Crippen LogP contribution in [-0.2, 0) is 11.4 Å². The van der Waals surface area contributed by atoms with Gasteiger partial charge in [0.15, 0.2) is 0 Å². The fourth-order valence-corrected chi connectivity index (χ4v) is 2.83. The van der Waals surface area contributed by atoms with Gasteiger partial charge in [-0.25, -0.2) is 0 Å². The van der Waals surface area contributed by atoms with Crippen molar-refractivity contribution in [3.63, 3.8) is 0 Å². The Morgan fingerprint density at radius 1 is 1.00 bits per heavy atom. The summed E-state index contributed by atoms with van der Waals surface area (Å²) in [6.45, 7) is 6.31. The van der Waals surface area contributed by atoms with Crippen LogP contribution in [0.2, 0.25) is 0 Å². The van der Waals surface area contributed by atoms with E-state index >= 15 is 0 Å². The maximum atomic E-state index is 12.5. The molecular weight excluding hydrogens is 362 g/mol. The highest BCUT2D eigenvalue weighted by Gasteiger charge is 2.11. The zero-order chi connectivity index (χ0) is 20.8. The molecule has 5 nitrogen and oxygen atoms in total. The third-order valence-electron chi connectivity index (χ3n) is 4.57. The molecule has 0 aliphatic rings. The van der Waals surface area contributed by atoms with E-state index in [0.717, 1.165) is 28.3 Å². The number of carbonyl (C=O) groups excluding carboxylic acids is 1. The second-order valence-corrected chi connectivity index (χ2v) is 6.91. The van der Waals surface area contributed by atoms with Crippen LogP contribution < -0.4 is 10.2 Å². The molecular formula is C24H23N3O2. The zero-order valence-electron chi connectivity index (χ0n) is 16.8. The van der Waals surface area contributed by atoms with Crippen molar-refractivity contribution < 1.29 is 9.53 Å². The van der Waals surface area contributed by atoms with E-state index in [2.05, 4.69) is 17.6 Å². The molecule has 0 aliphatic heterocycles. The number of nitrogens with one attached hydrogen (secondary N) is 1. The number of hydrogen-bond donors (Lipinski definition) is 1. The summed E-state index contributed by atoms with van der Waals surface area (Å²) in [5.74, 6) is 0.277. The van der Waals surface area contributed by atoms with Crippen molar-refractivity contribution in [3.05, 3.63) is 94.3 Å². The van der Waals surface area contributed by atoms with Gasteiger partial charge in [0.25, 0.3) is 5.91 Å². The molecule has 0 spiro atoms. The van der Waals surface area contributed by atoms with Gasteiger partial charge in [-0.05, 0) is 62.2 Å². The quantitative estimate of drug-likeness (QED) is 0.495. The lowest BCUT2D eigenvalue weighted by Crippen LogP contribution is -2.25. The highest BCUT2D eigenvalue weighted by molar-refractivity contribution is 6.06. The van der Waals surface area contributed by atoms with E-state index in [1.165, 1.54) is 5.56 Å². The fourth-order valence-electron chi connectivity index (χ4n) is 2.83. The van der Waals surface area contributed by atoms with Gasteiger partial charge in [-0.15, -0.1) is 0 Å². The number of amides is 1. The molecule has 0 saturated carbocycles. The van der Waals surface area contributed by atoms with Crippen molar-refractivity contribution in [1.82, 2.24) is 4.68 Å². The molecule has 3 rings (SSSR count). The molecule has 29 heavy (non-hydrogen) atoms. The molecule has 2 aromatic carbocycles. The average molecular weight is 385 g/mol. The SMILES string of the molecule is Cc1ccc(COc2ccc(/C=C(/C#N)C(=O)Nn3c(C)ccc3C)cc2)cc1. The average Bonchev–Trinajstić information content (AvgIpc) is 3.04. The minimum absolute atomic E-state index is 0.0332. The topological polar surface area (TPSA) is 67.0 Å². The van der Waals surface area contributed by atoms with Gasteiger partial charge in [0.05, 0.1) is 0 Å². The third kappa shape index (κ3) is 5.14. The van der Waals surface area contributed by atoms with Crippen molar-refractivity contribution in [2.45, 2.75) is 27.4 Å². The Morgan fingerprint density at radius 3 is 2.21 bits per heavy atom. The Morgan fingerprint density at radius 2 is 1.62 bits per heavy atom. The molecule has 1 aromatic heterocycles. The van der Waals surface area contributed by atoms with Gasteiger partial charge in [-0.3, -0.25) is 14.9 Å². The second-order valence-electron chi connectivity index (χ2n) is 6.91. The summed E-state index contributed by atoms with van der Waals surface area (Å²) < 4.78 is 7.46. The molecule has 0 fully saturated rings. The monoisotopic (exact) mass is 385 g/mol. The minimum atomic E-state index is -0.449. The van der Waals surface area contributed by atoms with Crippen molar-refractivity contribution in [2.24, 2.45) is 0 Å². The Balaban J connectivity index is 1.66. The number of aromatic nitrogens is 1. The summed E-state index contributed by atoms with van der Waals surface area (Å²) in [5, 5.41) is 9.40. The number of hydrogen-bond acceptors (Lipinski definition) is 3. The van der Waals surface area contributed by atoms with Crippen molar-refractivity contribution in [2.75, 3.05) is 5.43 Å². The van der Waals surface area contributed by atoms with Crippen LogP contribution in [0, 0.1) is 32.1 Å². The van der Waals surface area contributed by atoms with Crippen LogP contribution >= 0.6 is 0 Å². The molecule has 0 saturated heterocycles. The van der Waals surface area contributed by atoms with Crippen molar-refractivity contribution in [3.8, 4) is 11.8 Å². The lowest BCUT2D eigenvalue weighted by Gasteiger charge is -2.10. The lowest BCUT2D eigenvalue weighted by molar-refractivity contribution is -0.113. The molecule has 5 heteroatoms. The molecule has 3 aromatic rings. The maximum absolute atomic E-state index is 12.5. The highest BCUT2D eigenvalue weighted by Crippen LogP contribution is 2.17. The van der Waals surface area contributed by atoms with E-state index in [1.54, 1.807) is 10.8 Å². The molecule has 1 N–H and O–H groups in total. The Bertz CT molecular complexity index is 1050. The molecule has 1 amide bonds. The summed E-state index contributed by atoms with van der Waals surface area (Å²) in [5.41, 5.74) is 7.62. The van der Waals surface area contributed by atoms with E-state index in [1.807, 2.05) is 75.4 Å². The van der Waals surface area contributed by atoms with Crippen molar-refractivity contribution >= 4 is 12.0 Å². The predicted octanol–water partition coefficient (Wildman–Crippen LogP) is 4.67. The van der Waals surface area contributed by atoms with Crippen LogP contribution in [0.3, 0.4) is 0 Å². The van der Waals surface area contributed by atoms with Crippen LogP contribution in [0.4, 0.5) is 0 Å². The van der Waals surface area contributed by atoms with Crippen LogP contribution in [-0.4, -0.2) is 10.6 Å². The number of ether oxygens (including phenoxy) is 1. The minimum Gasteiger partial charge on any atom is -0.489 e. The van der Waals surface area contributed by atoms with Crippen LogP contribution in [0.1, 0.15) is 28.1 Å². The number of nitrogens with zero attached hydrogens (tertiary/aromatic N) is 2. The Kier molecular flexibility index (Phi) is 6.16. The fraction of sp³-hybridized carbons (Fsp3) is 0.167. The van der Waals surface area contributed by atoms with Crippen LogP contribution in [0.25, 0.3) is 6.08 Å². The second kappa shape index (κ2) is 8.94. The van der Waals surface area contributed by atoms with E-state index in [0.29, 0.717) is 6.61 Å². The number of benzene rings is 2. The molecule has 0 atom stereocenters. The smallest absolute Gasteiger partial charge is 0.280 e. The number of rotatable bonds is 6. The summed E-state index contributed by atoms with van der Waals surface area (Å²) in [6.07, 6.45) is 1.56. The van der Waals surface area contributed by atoms with Gasteiger partial charge in [0, 0.05) is 11.4 Å². The molecule has 0 bridgehead atoms. The van der Waals surface area contributed by atoms with Crippen LogP contribution in [0.15, 0.2) is 66.2 Å². The zero-order valence-corrected chi connectivity index (χ0v) is 16.8. The van der Waals surface area contributed by atoms with Gasteiger partial charge >= 0.3 is 0 Å². The molecule has 0 radical (unpaired) electrons. The summed E-state index contributed by atoms with van der Waals surface area (Å²) in [4.78, 5) is 12.5. The maximum Gasteiger partial charge on any atom is 0.280 e. The number of nitriles is 1. The largest absolute Gasteiger partial charge is 0.489 e. The van der Waals surface area contributed by atoms with Gasteiger partial charge in [0.1, 0.15) is 24.0 Å². The first-order chi connectivity index (χ1) is 14.0. The first-order valence-electron chi connectivity index (χ1n) is 9.33. The predicted molar refractivity (Wildman–Crippen MR) is 114 cm³/mol. The third-order valence-corrected chi connectivity index (χ3v) is 4.57. The molecule has 1 heterocycles. The Hall–Kier alpha value is -3.78. The van der Waals surface area contributed by atoms with E-state index in [-0.39, 0.29) is 5.57 Å². The summed E-state index contributed by atoms with van der Waals surface area (Å²) in [6, 6.07) is 21.3. The summed E-state index contributed by atoms with van der Waals surface area (Å²) in [7, 11) is 0. The summed E-state index contributed by atoms with van der Waals surface area (Å²) >= 11 is 0. The van der Waals surface area contributed by atoms with Crippen LogP contribution in [0.5, 0.6) is 5.75 Å². The van der Waals surface area contributed by atoms with Gasteiger partial charge in [0.2, 0.25) is 0 Å². The number of carbonyl (C=O) groups is 1.